The second kappa shape index (κ2) is 7.06. The minimum absolute atomic E-state index is 0.0602. The summed E-state index contributed by atoms with van der Waals surface area (Å²) < 4.78 is 10.4. The van der Waals surface area contributed by atoms with Crippen LogP contribution in [0.2, 0.25) is 0 Å². The Morgan fingerprint density at radius 1 is 1.12 bits per heavy atom. The second-order valence-electron chi connectivity index (χ2n) is 5.48. The van der Waals surface area contributed by atoms with E-state index in [0.717, 1.165) is 4.90 Å². The summed E-state index contributed by atoms with van der Waals surface area (Å²) in [5, 5.41) is 5.50. The summed E-state index contributed by atoms with van der Waals surface area (Å²) in [5.74, 6) is 0.786. The summed E-state index contributed by atoms with van der Waals surface area (Å²) in [6.45, 7) is 1.85. The number of hydrogen-bond acceptors (Lipinski definition) is 5. The van der Waals surface area contributed by atoms with E-state index in [1.54, 1.807) is 37.4 Å². The van der Waals surface area contributed by atoms with Gasteiger partial charge in [0.2, 0.25) is 5.91 Å². The number of amides is 2. The third kappa shape index (κ3) is 3.56. The molecular formula is C18H18N2O4S. The lowest BCUT2D eigenvalue weighted by Crippen LogP contribution is -2.26. The Morgan fingerprint density at radius 3 is 2.60 bits per heavy atom. The Bertz CT molecular complexity index is 838. The van der Waals surface area contributed by atoms with Crippen LogP contribution in [0.1, 0.15) is 17.3 Å². The van der Waals surface area contributed by atoms with Gasteiger partial charge in [-0.15, -0.1) is 11.8 Å². The van der Waals surface area contributed by atoms with Crippen LogP contribution in [-0.4, -0.2) is 31.3 Å². The normalized spacial score (nSPS) is 15.8. The molecule has 7 heteroatoms. The largest absolute Gasteiger partial charge is 0.493 e. The molecule has 2 N–H and O–H groups in total. The molecular weight excluding hydrogens is 340 g/mol. The smallest absolute Gasteiger partial charge is 0.255 e. The molecule has 6 nitrogen and oxygen atoms in total. The van der Waals surface area contributed by atoms with E-state index < -0.39 is 0 Å². The molecule has 3 rings (SSSR count). The Kier molecular flexibility index (Phi) is 4.85. The summed E-state index contributed by atoms with van der Waals surface area (Å²) >= 11 is 1.48. The quantitative estimate of drug-likeness (QED) is 0.876. The summed E-state index contributed by atoms with van der Waals surface area (Å²) in [6.07, 6.45) is 0. The number of anilines is 2. The van der Waals surface area contributed by atoms with Crippen LogP contribution in [0, 0.1) is 0 Å². The molecule has 1 unspecified atom stereocenters. The molecule has 0 saturated heterocycles. The van der Waals surface area contributed by atoms with Gasteiger partial charge in [0.25, 0.3) is 5.91 Å². The first-order valence-electron chi connectivity index (χ1n) is 7.66. The van der Waals surface area contributed by atoms with Crippen molar-refractivity contribution < 1.29 is 19.1 Å². The van der Waals surface area contributed by atoms with Crippen LogP contribution in [0.4, 0.5) is 11.4 Å². The van der Waals surface area contributed by atoms with E-state index in [9.17, 15) is 9.59 Å². The van der Waals surface area contributed by atoms with Crippen LogP contribution in [-0.2, 0) is 4.79 Å². The highest BCUT2D eigenvalue weighted by Crippen LogP contribution is 2.36. The number of carbonyl (C=O) groups excluding carboxylic acids is 2. The van der Waals surface area contributed by atoms with Crippen molar-refractivity contribution in [2.24, 2.45) is 0 Å². The van der Waals surface area contributed by atoms with Gasteiger partial charge in [0.05, 0.1) is 25.2 Å². The molecule has 0 radical (unpaired) electrons. The fourth-order valence-corrected chi connectivity index (χ4v) is 3.40. The Hall–Kier alpha value is -2.67. The van der Waals surface area contributed by atoms with Gasteiger partial charge >= 0.3 is 0 Å². The zero-order valence-electron chi connectivity index (χ0n) is 14.1. The minimum atomic E-state index is -0.270. The molecule has 1 heterocycles. The van der Waals surface area contributed by atoms with Gasteiger partial charge < -0.3 is 20.1 Å². The first-order valence-corrected chi connectivity index (χ1v) is 8.54. The fraction of sp³-hybridized carbons (Fsp3) is 0.222. The van der Waals surface area contributed by atoms with Crippen LogP contribution in [0.3, 0.4) is 0 Å². The van der Waals surface area contributed by atoms with Crippen molar-refractivity contribution in [1.29, 1.82) is 0 Å². The second-order valence-corrected chi connectivity index (χ2v) is 6.87. The third-order valence-corrected chi connectivity index (χ3v) is 4.99. The maximum absolute atomic E-state index is 12.5. The van der Waals surface area contributed by atoms with Gasteiger partial charge in [0.15, 0.2) is 11.5 Å². The Morgan fingerprint density at radius 2 is 1.88 bits per heavy atom. The highest BCUT2D eigenvalue weighted by atomic mass is 32.2. The van der Waals surface area contributed by atoms with E-state index in [-0.39, 0.29) is 17.1 Å². The van der Waals surface area contributed by atoms with Crippen molar-refractivity contribution in [2.45, 2.75) is 17.1 Å². The van der Waals surface area contributed by atoms with Crippen molar-refractivity contribution in [3.05, 3.63) is 42.0 Å². The van der Waals surface area contributed by atoms with E-state index in [1.165, 1.54) is 18.9 Å². The average molecular weight is 358 g/mol. The standard InChI is InChI=1S/C18H18N2O4S/c1-10-17(21)20-13-8-11(4-7-16(13)25-10)18(22)19-12-5-6-14(23-2)15(9-12)24-3/h4-10H,1-3H3,(H,19,22)(H,20,21). The molecule has 0 bridgehead atoms. The number of thioether (sulfide) groups is 1. The number of carbonyl (C=O) groups is 2. The van der Waals surface area contributed by atoms with Gasteiger partial charge in [-0.2, -0.15) is 0 Å². The molecule has 25 heavy (non-hydrogen) atoms. The molecule has 0 spiro atoms. The van der Waals surface area contributed by atoms with Crippen molar-refractivity contribution in [3.63, 3.8) is 0 Å². The van der Waals surface area contributed by atoms with Gasteiger partial charge in [-0.05, 0) is 37.3 Å². The predicted molar refractivity (Wildman–Crippen MR) is 97.9 cm³/mol. The summed E-state index contributed by atoms with van der Waals surface area (Å²) in [6, 6.07) is 10.4. The maximum atomic E-state index is 12.5. The van der Waals surface area contributed by atoms with E-state index in [2.05, 4.69) is 10.6 Å². The van der Waals surface area contributed by atoms with Crippen LogP contribution < -0.4 is 20.1 Å². The molecule has 1 aliphatic rings. The first-order chi connectivity index (χ1) is 12.0. The molecule has 2 aromatic carbocycles. The van der Waals surface area contributed by atoms with Crippen molar-refractivity contribution >= 4 is 35.0 Å². The van der Waals surface area contributed by atoms with Crippen molar-refractivity contribution in [2.75, 3.05) is 24.9 Å². The number of benzene rings is 2. The van der Waals surface area contributed by atoms with Crippen LogP contribution in [0.25, 0.3) is 0 Å². The molecule has 0 fully saturated rings. The van der Waals surface area contributed by atoms with E-state index in [1.807, 2.05) is 13.0 Å². The van der Waals surface area contributed by atoms with Gasteiger partial charge in [0.1, 0.15) is 0 Å². The van der Waals surface area contributed by atoms with E-state index in [0.29, 0.717) is 28.4 Å². The number of hydrogen-bond donors (Lipinski definition) is 2. The predicted octanol–water partition coefficient (Wildman–Crippen LogP) is 3.39. The lowest BCUT2D eigenvalue weighted by Gasteiger charge is -2.21. The zero-order valence-corrected chi connectivity index (χ0v) is 14.9. The molecule has 0 aromatic heterocycles. The van der Waals surface area contributed by atoms with Crippen LogP contribution >= 0.6 is 11.8 Å². The fourth-order valence-electron chi connectivity index (χ4n) is 2.47. The molecule has 130 valence electrons. The number of rotatable bonds is 4. The molecule has 2 amide bonds. The Labute approximate surface area is 149 Å². The van der Waals surface area contributed by atoms with E-state index >= 15 is 0 Å². The maximum Gasteiger partial charge on any atom is 0.255 e. The first kappa shape index (κ1) is 17.2. The Balaban J connectivity index is 1.80. The number of nitrogens with one attached hydrogen (secondary N) is 2. The zero-order chi connectivity index (χ0) is 18.0. The highest BCUT2D eigenvalue weighted by Gasteiger charge is 2.23. The molecule has 1 atom stereocenters. The van der Waals surface area contributed by atoms with Gasteiger partial charge in [0, 0.05) is 22.2 Å². The third-order valence-electron chi connectivity index (χ3n) is 3.81. The van der Waals surface area contributed by atoms with Crippen molar-refractivity contribution in [1.82, 2.24) is 0 Å². The summed E-state index contributed by atoms with van der Waals surface area (Å²) in [4.78, 5) is 25.3. The van der Waals surface area contributed by atoms with Crippen molar-refractivity contribution in [3.8, 4) is 11.5 Å². The van der Waals surface area contributed by atoms with Crippen LogP contribution in [0.5, 0.6) is 11.5 Å². The monoisotopic (exact) mass is 358 g/mol. The number of methoxy groups -OCH3 is 2. The van der Waals surface area contributed by atoms with Gasteiger partial charge in [-0.3, -0.25) is 9.59 Å². The highest BCUT2D eigenvalue weighted by molar-refractivity contribution is 8.00. The topological polar surface area (TPSA) is 76.7 Å². The lowest BCUT2D eigenvalue weighted by molar-refractivity contribution is -0.115. The van der Waals surface area contributed by atoms with Gasteiger partial charge in [-0.1, -0.05) is 0 Å². The number of ether oxygens (including phenoxy) is 2. The average Bonchev–Trinajstić information content (AvgIpc) is 2.62. The summed E-state index contributed by atoms with van der Waals surface area (Å²) in [5.41, 5.74) is 1.71. The SMILES string of the molecule is COc1ccc(NC(=O)c2ccc3c(c2)NC(=O)C(C)S3)cc1OC. The van der Waals surface area contributed by atoms with Gasteiger partial charge in [-0.25, -0.2) is 0 Å². The molecule has 0 aliphatic carbocycles. The molecule has 0 saturated carbocycles. The lowest BCUT2D eigenvalue weighted by atomic mass is 10.1. The minimum Gasteiger partial charge on any atom is -0.493 e. The molecule has 2 aromatic rings. The van der Waals surface area contributed by atoms with Crippen LogP contribution in [0.15, 0.2) is 41.3 Å². The van der Waals surface area contributed by atoms with E-state index in [4.69, 9.17) is 9.47 Å². The summed E-state index contributed by atoms with van der Waals surface area (Å²) in [7, 11) is 3.09. The number of fused-ring (bicyclic) bond motifs is 1. The molecule has 1 aliphatic heterocycles.